The molecule has 0 bridgehead atoms. The van der Waals surface area contributed by atoms with Gasteiger partial charge in [0.05, 0.1) is 26.2 Å². The number of rotatable bonds is 5. The molecule has 6 rings (SSSR count). The first-order chi connectivity index (χ1) is 19.1. The van der Waals surface area contributed by atoms with Crippen molar-refractivity contribution < 1.29 is 32.9 Å². The van der Waals surface area contributed by atoms with Gasteiger partial charge in [-0.15, -0.1) is 11.3 Å². The number of halogens is 4. The predicted molar refractivity (Wildman–Crippen MR) is 142 cm³/mol. The minimum Gasteiger partial charge on any atom is -0.506 e. The van der Waals surface area contributed by atoms with Gasteiger partial charge >= 0.3 is 12.1 Å². The number of anilines is 1. The molecule has 2 fully saturated rings. The smallest absolute Gasteiger partial charge is 0.409 e. The number of nitriles is 1. The molecule has 0 unspecified atom stereocenters. The number of carbonyl (C=O) groups is 1. The van der Waals surface area contributed by atoms with Crippen LogP contribution in [0.5, 0.6) is 11.8 Å². The van der Waals surface area contributed by atoms with E-state index in [9.17, 15) is 23.9 Å². The van der Waals surface area contributed by atoms with Gasteiger partial charge in [0.1, 0.15) is 40.9 Å². The van der Waals surface area contributed by atoms with E-state index in [0.717, 1.165) is 31.6 Å². The number of carboxylic acid groups (broad SMARTS) is 1. The number of phenols is 1. The van der Waals surface area contributed by atoms with Crippen molar-refractivity contribution >= 4 is 55.0 Å². The van der Waals surface area contributed by atoms with E-state index in [1.807, 2.05) is 11.0 Å². The van der Waals surface area contributed by atoms with E-state index in [1.54, 1.807) is 0 Å². The Morgan fingerprint density at radius 1 is 1.40 bits per heavy atom. The summed E-state index contributed by atoms with van der Waals surface area (Å²) >= 11 is 7.06. The highest BCUT2D eigenvalue weighted by Gasteiger charge is 2.49. The van der Waals surface area contributed by atoms with Crippen LogP contribution in [0.2, 0.25) is 5.02 Å². The van der Waals surface area contributed by atoms with Crippen LogP contribution in [0.1, 0.15) is 24.8 Å². The average molecular weight is 590 g/mol. The fraction of sp³-hybridized carbons (Fsp3) is 0.308. The van der Waals surface area contributed by atoms with Gasteiger partial charge in [-0.2, -0.15) is 10.2 Å². The van der Waals surface area contributed by atoms with E-state index in [1.165, 1.54) is 6.07 Å². The molecule has 3 N–H and O–H groups in total. The normalized spacial score (nSPS) is 20.6. The standard InChI is InChI=1S/C26H19ClF3N5O4S/c27-18-17(12-2-3-15(29)22-16(12)13(7-31)23(40-22)34-25(37)38)19(30)20-14(21(18)36)8-32-24(33-20)39-10-26-4-1-5-35(26)9-11(28)6-26/h2-3,8,11,34,36H,1,4-6,9-10H2,(H,37,38)/t11-,26+/m1/s1. The van der Waals surface area contributed by atoms with Gasteiger partial charge in [-0.1, -0.05) is 17.7 Å². The van der Waals surface area contributed by atoms with Crippen molar-refractivity contribution in [2.24, 2.45) is 0 Å². The number of alkyl halides is 1. The van der Waals surface area contributed by atoms with Crippen LogP contribution >= 0.6 is 22.9 Å². The number of phenolic OH excluding ortho intramolecular Hbond substituents is 1. The highest BCUT2D eigenvalue weighted by atomic mass is 35.5. The Balaban J connectivity index is 1.47. The van der Waals surface area contributed by atoms with Crippen LogP contribution < -0.4 is 10.1 Å². The third-order valence-electron chi connectivity index (χ3n) is 7.50. The van der Waals surface area contributed by atoms with Crippen molar-refractivity contribution in [1.29, 1.82) is 5.26 Å². The number of nitrogens with one attached hydrogen (secondary N) is 1. The number of ether oxygens (including phenoxy) is 1. The third-order valence-corrected chi connectivity index (χ3v) is 8.98. The lowest BCUT2D eigenvalue weighted by atomic mass is 9.95. The molecule has 4 aromatic rings. The van der Waals surface area contributed by atoms with Gasteiger partial charge < -0.3 is 14.9 Å². The van der Waals surface area contributed by atoms with Crippen LogP contribution in [-0.2, 0) is 0 Å². The monoisotopic (exact) mass is 589 g/mol. The molecule has 4 heterocycles. The fourth-order valence-corrected chi connectivity index (χ4v) is 7.14. The van der Waals surface area contributed by atoms with Gasteiger partial charge in [-0.05, 0) is 31.0 Å². The van der Waals surface area contributed by atoms with E-state index >= 15 is 4.39 Å². The van der Waals surface area contributed by atoms with Gasteiger partial charge in [-0.3, -0.25) is 10.2 Å². The van der Waals surface area contributed by atoms with Crippen molar-refractivity contribution in [3.63, 3.8) is 0 Å². The maximum atomic E-state index is 16.2. The van der Waals surface area contributed by atoms with Crippen LogP contribution in [0.4, 0.5) is 23.0 Å². The zero-order valence-corrected chi connectivity index (χ0v) is 22.0. The zero-order valence-electron chi connectivity index (χ0n) is 20.5. The summed E-state index contributed by atoms with van der Waals surface area (Å²) in [5.41, 5.74) is -1.48. The topological polar surface area (TPSA) is 132 Å². The Morgan fingerprint density at radius 2 is 2.20 bits per heavy atom. The maximum absolute atomic E-state index is 16.2. The Morgan fingerprint density at radius 3 is 2.95 bits per heavy atom. The zero-order chi connectivity index (χ0) is 28.3. The molecule has 0 spiro atoms. The van der Waals surface area contributed by atoms with Crippen LogP contribution in [0, 0.1) is 23.0 Å². The maximum Gasteiger partial charge on any atom is 0.409 e. The molecule has 2 atom stereocenters. The molecule has 2 aromatic heterocycles. The quantitative estimate of drug-likeness (QED) is 0.256. The molecule has 2 aliphatic rings. The second-order valence-corrected chi connectivity index (χ2v) is 11.2. The van der Waals surface area contributed by atoms with Crippen LogP contribution in [-0.4, -0.2) is 62.6 Å². The summed E-state index contributed by atoms with van der Waals surface area (Å²) < 4.78 is 50.8. The minimum atomic E-state index is -1.47. The highest BCUT2D eigenvalue weighted by molar-refractivity contribution is 7.23. The Kier molecular flexibility index (Phi) is 6.36. The van der Waals surface area contributed by atoms with E-state index in [-0.39, 0.29) is 55.3 Å². The molecule has 2 aliphatic heterocycles. The Bertz CT molecular complexity index is 1760. The van der Waals surface area contributed by atoms with Gasteiger partial charge in [0.15, 0.2) is 5.82 Å². The van der Waals surface area contributed by atoms with Crippen molar-refractivity contribution in [2.45, 2.75) is 31.0 Å². The number of aromatic nitrogens is 2. The first-order valence-corrected chi connectivity index (χ1v) is 13.4. The molecule has 9 nitrogen and oxygen atoms in total. The first-order valence-electron chi connectivity index (χ1n) is 12.2. The molecule has 0 radical (unpaired) electrons. The molecule has 2 saturated heterocycles. The van der Waals surface area contributed by atoms with E-state index < -0.39 is 40.2 Å². The average Bonchev–Trinajstić information content (AvgIpc) is 3.57. The van der Waals surface area contributed by atoms with Crippen molar-refractivity contribution in [3.05, 3.63) is 40.6 Å². The molecule has 40 heavy (non-hydrogen) atoms. The summed E-state index contributed by atoms with van der Waals surface area (Å²) in [6, 6.07) is 3.86. The summed E-state index contributed by atoms with van der Waals surface area (Å²) in [6.07, 6.45) is 0.690. The first kappa shape index (κ1) is 26.4. The summed E-state index contributed by atoms with van der Waals surface area (Å²) in [7, 11) is 0. The van der Waals surface area contributed by atoms with Crippen molar-refractivity contribution in [2.75, 3.05) is 25.0 Å². The highest BCUT2D eigenvalue weighted by Crippen LogP contribution is 2.48. The van der Waals surface area contributed by atoms with E-state index in [4.69, 9.17) is 21.4 Å². The number of hydrogen-bond acceptors (Lipinski definition) is 8. The number of benzene rings is 2. The number of fused-ring (bicyclic) bond motifs is 3. The van der Waals surface area contributed by atoms with Crippen LogP contribution in [0.15, 0.2) is 18.3 Å². The number of amides is 1. The lowest BCUT2D eigenvalue weighted by Gasteiger charge is -2.30. The summed E-state index contributed by atoms with van der Waals surface area (Å²) in [4.78, 5) is 21.5. The lowest BCUT2D eigenvalue weighted by Crippen LogP contribution is -2.43. The summed E-state index contributed by atoms with van der Waals surface area (Å²) in [5, 5.41) is 31.1. The predicted octanol–water partition coefficient (Wildman–Crippen LogP) is 6.07. The van der Waals surface area contributed by atoms with Crippen molar-refractivity contribution in [3.8, 4) is 29.0 Å². The molecule has 2 aromatic carbocycles. The van der Waals surface area contributed by atoms with Gasteiger partial charge in [-0.25, -0.2) is 22.9 Å². The Hall–Kier alpha value is -3.86. The summed E-state index contributed by atoms with van der Waals surface area (Å²) in [5.74, 6) is -2.31. The molecule has 1 amide bonds. The van der Waals surface area contributed by atoms with Crippen molar-refractivity contribution in [1.82, 2.24) is 14.9 Å². The molecule has 0 saturated carbocycles. The molecule has 0 aliphatic carbocycles. The second-order valence-electron chi connectivity index (χ2n) is 9.78. The fourth-order valence-electron chi connectivity index (χ4n) is 5.78. The number of nitrogens with zero attached hydrogens (tertiary/aromatic N) is 4. The minimum absolute atomic E-state index is 0.0520. The number of hydrogen-bond donors (Lipinski definition) is 3. The number of aromatic hydroxyl groups is 1. The molecular formula is C26H19ClF3N5O4S. The largest absolute Gasteiger partial charge is 0.506 e. The summed E-state index contributed by atoms with van der Waals surface area (Å²) in [6.45, 7) is 1.19. The number of thiophene rings is 1. The molecule has 14 heteroatoms. The van der Waals surface area contributed by atoms with Gasteiger partial charge in [0, 0.05) is 30.1 Å². The van der Waals surface area contributed by atoms with Gasteiger partial charge in [0.25, 0.3) is 0 Å². The lowest BCUT2D eigenvalue weighted by molar-refractivity contribution is 0.107. The van der Waals surface area contributed by atoms with Crippen LogP contribution in [0.3, 0.4) is 0 Å². The third kappa shape index (κ3) is 4.06. The second kappa shape index (κ2) is 9.65. The van der Waals surface area contributed by atoms with Crippen LogP contribution in [0.25, 0.3) is 32.1 Å². The molecular weight excluding hydrogens is 571 g/mol. The molecule has 206 valence electrons. The van der Waals surface area contributed by atoms with Gasteiger partial charge in [0.2, 0.25) is 0 Å². The SMILES string of the molecule is N#Cc1c(NC(=O)O)sc2c(F)ccc(-c3c(Cl)c(O)c4cnc(OC[C@@]56CCCN5C[C@H](F)C6)nc4c3F)c12. The van der Waals surface area contributed by atoms with E-state index in [0.29, 0.717) is 24.3 Å². The van der Waals surface area contributed by atoms with E-state index in [2.05, 4.69) is 15.3 Å². The Labute approximate surface area is 233 Å².